The van der Waals surface area contributed by atoms with Crippen molar-refractivity contribution in [2.24, 2.45) is 0 Å². The first-order valence-corrected chi connectivity index (χ1v) is 10.0. The Balaban J connectivity index is 1.62. The lowest BCUT2D eigenvalue weighted by Gasteiger charge is -2.18. The Bertz CT molecular complexity index is 1050. The van der Waals surface area contributed by atoms with E-state index in [-0.39, 0.29) is 4.32 Å². The summed E-state index contributed by atoms with van der Waals surface area (Å²) in [7, 11) is 0. The van der Waals surface area contributed by atoms with E-state index >= 15 is 0 Å². The fourth-order valence-corrected chi connectivity index (χ4v) is 4.23. The number of hydrogen-bond donors (Lipinski definition) is 1. The largest absolute Gasteiger partial charge is 0.480 e. The Morgan fingerprint density at radius 1 is 1.07 bits per heavy atom. The molecular formula is C21H16N2O4S2. The van der Waals surface area contributed by atoms with Gasteiger partial charge in [0, 0.05) is 6.08 Å². The Morgan fingerprint density at radius 2 is 1.79 bits per heavy atom. The maximum Gasteiger partial charge on any atom is 0.323 e. The number of fused-ring (bicyclic) bond motifs is 1. The number of carbonyl (C=O) groups excluding carboxylic acids is 1. The number of nitrogens with zero attached hydrogens (tertiary/aromatic N) is 2. The molecule has 0 aliphatic carbocycles. The number of benzene rings is 2. The molecule has 2 aromatic rings. The molecule has 1 fully saturated rings. The average Bonchev–Trinajstić information content (AvgIpc) is 3.19. The summed E-state index contributed by atoms with van der Waals surface area (Å²) in [6.45, 7) is 0.165. The van der Waals surface area contributed by atoms with E-state index in [4.69, 9.17) is 22.1 Å². The summed E-state index contributed by atoms with van der Waals surface area (Å²) in [6.07, 6.45) is 3.34. The Morgan fingerprint density at radius 3 is 2.55 bits per heavy atom. The molecule has 0 aromatic heterocycles. The first kappa shape index (κ1) is 19.2. The Labute approximate surface area is 177 Å². The van der Waals surface area contributed by atoms with Crippen molar-refractivity contribution >= 4 is 45.9 Å². The zero-order valence-electron chi connectivity index (χ0n) is 15.1. The number of carbonyl (C=O) groups is 2. The molecule has 2 aliphatic heterocycles. The second-order valence-corrected chi connectivity index (χ2v) is 8.01. The van der Waals surface area contributed by atoms with Gasteiger partial charge in [0.25, 0.3) is 5.91 Å². The number of thiocarbonyl (C=S) groups is 1. The van der Waals surface area contributed by atoms with Gasteiger partial charge in [0.1, 0.15) is 10.9 Å². The fourth-order valence-electron chi connectivity index (χ4n) is 3.04. The summed E-state index contributed by atoms with van der Waals surface area (Å²) in [6, 6.07) is 17.7. The molecule has 2 aliphatic rings. The van der Waals surface area contributed by atoms with Gasteiger partial charge >= 0.3 is 5.97 Å². The van der Waals surface area contributed by atoms with Crippen LogP contribution in [0.1, 0.15) is 5.56 Å². The first-order valence-electron chi connectivity index (χ1n) is 8.79. The number of amides is 1. The van der Waals surface area contributed by atoms with E-state index in [1.807, 2.05) is 59.5 Å². The van der Waals surface area contributed by atoms with Gasteiger partial charge in [-0.15, -0.1) is 0 Å². The molecule has 1 N–H and O–H groups in total. The fraction of sp³-hybridized carbons (Fsp3) is 0.0952. The number of rotatable bonds is 5. The van der Waals surface area contributed by atoms with Gasteiger partial charge in [-0.25, -0.2) is 0 Å². The molecule has 2 heterocycles. The summed E-state index contributed by atoms with van der Waals surface area (Å²) in [5.41, 5.74) is 2.06. The van der Waals surface area contributed by atoms with Crippen molar-refractivity contribution in [3.8, 4) is 5.75 Å². The van der Waals surface area contributed by atoms with E-state index < -0.39 is 18.4 Å². The van der Waals surface area contributed by atoms with Crippen molar-refractivity contribution in [3.05, 3.63) is 83.1 Å². The number of anilines is 1. The van der Waals surface area contributed by atoms with Crippen molar-refractivity contribution in [1.29, 1.82) is 0 Å². The third-order valence-corrected chi connectivity index (χ3v) is 5.76. The lowest BCUT2D eigenvalue weighted by atomic mass is 10.2. The predicted molar refractivity (Wildman–Crippen MR) is 115 cm³/mol. The van der Waals surface area contributed by atoms with E-state index in [0.29, 0.717) is 17.3 Å². The summed E-state index contributed by atoms with van der Waals surface area (Å²) in [5.74, 6) is -0.200. The topological polar surface area (TPSA) is 70.1 Å². The van der Waals surface area contributed by atoms with Crippen LogP contribution >= 0.6 is 24.0 Å². The minimum absolute atomic E-state index is 0.235. The summed E-state index contributed by atoms with van der Waals surface area (Å²) in [4.78, 5) is 26.9. The van der Waals surface area contributed by atoms with Crippen LogP contribution in [-0.4, -0.2) is 32.7 Å². The van der Waals surface area contributed by atoms with Crippen molar-refractivity contribution < 1.29 is 19.4 Å². The van der Waals surface area contributed by atoms with Gasteiger partial charge in [-0.3, -0.25) is 14.5 Å². The normalized spacial score (nSPS) is 18.5. The molecule has 29 heavy (non-hydrogen) atoms. The number of para-hydroxylation sites is 2. The van der Waals surface area contributed by atoms with Crippen molar-refractivity contribution in [1.82, 2.24) is 4.90 Å². The van der Waals surface area contributed by atoms with Crippen molar-refractivity contribution in [3.63, 3.8) is 0 Å². The second-order valence-electron chi connectivity index (χ2n) is 6.33. The number of ether oxygens (including phenoxy) is 1. The molecular weight excluding hydrogens is 408 g/mol. The molecule has 0 bridgehead atoms. The van der Waals surface area contributed by atoms with Gasteiger partial charge < -0.3 is 14.7 Å². The smallest absolute Gasteiger partial charge is 0.323 e. The van der Waals surface area contributed by atoms with Gasteiger partial charge in [-0.05, 0) is 23.8 Å². The quantitative estimate of drug-likeness (QED) is 0.579. The second kappa shape index (κ2) is 8.10. The van der Waals surface area contributed by atoms with Crippen LogP contribution in [0.3, 0.4) is 0 Å². The van der Waals surface area contributed by atoms with Crippen LogP contribution in [0.5, 0.6) is 5.75 Å². The number of allylic oxidation sites excluding steroid dienone is 2. The highest BCUT2D eigenvalue weighted by Crippen LogP contribution is 2.40. The standard InChI is InChI=1S/C21H16N2O4S2/c24-19(25)13-23-20(26)17(29-21(23)28)10-11-18-22(12-14-6-2-1-3-7-14)15-8-4-5-9-16(15)27-18/h1-11H,12-13H2,(H,24,25)/b17-10+,18-11-. The molecule has 1 saturated heterocycles. The molecule has 4 rings (SSSR count). The maximum atomic E-state index is 12.4. The van der Waals surface area contributed by atoms with Crippen molar-refractivity contribution in [2.75, 3.05) is 11.4 Å². The molecule has 146 valence electrons. The third-order valence-electron chi connectivity index (χ3n) is 4.36. The van der Waals surface area contributed by atoms with Gasteiger partial charge in [-0.2, -0.15) is 0 Å². The van der Waals surface area contributed by atoms with Crippen LogP contribution < -0.4 is 9.64 Å². The predicted octanol–water partition coefficient (Wildman–Crippen LogP) is 3.76. The molecule has 0 unspecified atom stereocenters. The van der Waals surface area contributed by atoms with Crippen LogP contribution in [0.15, 0.2) is 77.5 Å². The highest BCUT2D eigenvalue weighted by molar-refractivity contribution is 8.26. The lowest BCUT2D eigenvalue weighted by molar-refractivity contribution is -0.140. The molecule has 8 heteroatoms. The molecule has 2 aromatic carbocycles. The molecule has 0 spiro atoms. The number of carboxylic acid groups (broad SMARTS) is 1. The van der Waals surface area contributed by atoms with E-state index in [1.54, 1.807) is 12.2 Å². The van der Waals surface area contributed by atoms with Crippen LogP contribution in [0.25, 0.3) is 0 Å². The third kappa shape index (κ3) is 4.03. The number of aliphatic carboxylic acids is 1. The Hall–Kier alpha value is -3.10. The van der Waals surface area contributed by atoms with Gasteiger partial charge in [0.15, 0.2) is 5.75 Å². The highest BCUT2D eigenvalue weighted by atomic mass is 32.2. The zero-order chi connectivity index (χ0) is 20.4. The van der Waals surface area contributed by atoms with E-state index in [1.165, 1.54) is 0 Å². The molecule has 6 nitrogen and oxygen atoms in total. The van der Waals surface area contributed by atoms with E-state index in [0.717, 1.165) is 33.7 Å². The lowest BCUT2D eigenvalue weighted by Crippen LogP contribution is -2.33. The van der Waals surface area contributed by atoms with Crippen LogP contribution in [0, 0.1) is 0 Å². The summed E-state index contributed by atoms with van der Waals surface area (Å²) >= 11 is 6.21. The monoisotopic (exact) mass is 424 g/mol. The minimum Gasteiger partial charge on any atom is -0.480 e. The highest BCUT2D eigenvalue weighted by Gasteiger charge is 2.33. The molecule has 1 amide bonds. The number of thioether (sulfide) groups is 1. The Kier molecular flexibility index (Phi) is 5.37. The van der Waals surface area contributed by atoms with Gasteiger partial charge in [0.2, 0.25) is 5.88 Å². The van der Waals surface area contributed by atoms with Crippen LogP contribution in [0.4, 0.5) is 5.69 Å². The average molecular weight is 425 g/mol. The molecule has 0 atom stereocenters. The number of hydrogen-bond acceptors (Lipinski definition) is 6. The maximum absolute atomic E-state index is 12.4. The van der Waals surface area contributed by atoms with Gasteiger partial charge in [-0.1, -0.05) is 66.4 Å². The van der Waals surface area contributed by atoms with Crippen molar-refractivity contribution in [2.45, 2.75) is 6.54 Å². The van der Waals surface area contributed by atoms with E-state index in [9.17, 15) is 9.59 Å². The molecule has 0 radical (unpaired) electrons. The van der Waals surface area contributed by atoms with Gasteiger partial charge in [0.05, 0.1) is 17.1 Å². The zero-order valence-corrected chi connectivity index (χ0v) is 16.8. The summed E-state index contributed by atoms with van der Waals surface area (Å²) in [5, 5.41) is 8.95. The SMILES string of the molecule is O=C(O)CN1C(=O)/C(=C\C=C2/Oc3ccccc3N2Cc2ccccc2)SC1=S. The van der Waals surface area contributed by atoms with Crippen LogP contribution in [0.2, 0.25) is 0 Å². The first-order chi connectivity index (χ1) is 14.0. The summed E-state index contributed by atoms with van der Waals surface area (Å²) < 4.78 is 6.22. The van der Waals surface area contributed by atoms with Crippen LogP contribution in [-0.2, 0) is 16.1 Å². The molecule has 0 saturated carbocycles. The minimum atomic E-state index is -1.11. The number of carboxylic acids is 1. The van der Waals surface area contributed by atoms with E-state index in [2.05, 4.69) is 0 Å².